The van der Waals surface area contributed by atoms with E-state index in [1.807, 2.05) is 26.1 Å². The van der Waals surface area contributed by atoms with Crippen LogP contribution >= 0.6 is 0 Å². The smallest absolute Gasteiger partial charge is 0.268 e. The number of fused-ring (bicyclic) bond motifs is 1. The van der Waals surface area contributed by atoms with Gasteiger partial charge in [0.15, 0.2) is 0 Å². The van der Waals surface area contributed by atoms with E-state index in [2.05, 4.69) is 22.8 Å². The molecule has 0 aliphatic carbocycles. The number of rotatable bonds is 4. The molecule has 6 nitrogen and oxygen atoms in total. The minimum absolute atomic E-state index is 0.217. The van der Waals surface area contributed by atoms with Crippen LogP contribution in [-0.4, -0.2) is 35.6 Å². The van der Waals surface area contributed by atoms with Crippen molar-refractivity contribution in [3.8, 4) is 0 Å². The van der Waals surface area contributed by atoms with E-state index in [1.165, 1.54) is 0 Å². The number of hydrogen-bond donors (Lipinski definition) is 1. The highest BCUT2D eigenvalue weighted by molar-refractivity contribution is 7.87. The maximum atomic E-state index is 12.5. The third-order valence-electron chi connectivity index (χ3n) is 4.59. The molecule has 1 fully saturated rings. The Hall–Kier alpha value is -1.44. The normalized spacial score (nSPS) is 17.9. The molecule has 0 unspecified atom stereocenters. The molecule has 0 bridgehead atoms. The molecule has 2 heterocycles. The van der Waals surface area contributed by atoms with Crippen LogP contribution in [0.3, 0.4) is 0 Å². The highest BCUT2D eigenvalue weighted by Gasteiger charge is 2.26. The molecule has 1 N–H and O–H groups in total. The number of benzene rings is 1. The molecule has 0 amide bonds. The van der Waals surface area contributed by atoms with Gasteiger partial charge in [0.05, 0.1) is 17.8 Å². The molecule has 1 aliphatic rings. The van der Waals surface area contributed by atoms with E-state index in [0.29, 0.717) is 19.0 Å². The van der Waals surface area contributed by atoms with Crippen molar-refractivity contribution in [3.05, 3.63) is 29.5 Å². The lowest BCUT2D eigenvalue weighted by Gasteiger charge is -2.29. The molecule has 126 valence electrons. The fourth-order valence-corrected chi connectivity index (χ4v) is 4.25. The summed E-state index contributed by atoms with van der Waals surface area (Å²) >= 11 is 0. The average molecular weight is 336 g/mol. The SMILES string of the molecule is Cc1ccc2c(c1)c(CNS(=O)(=O)N1CCC(C)CC1)nn2C. The van der Waals surface area contributed by atoms with Crippen molar-refractivity contribution in [1.82, 2.24) is 18.8 Å². The molecular weight excluding hydrogens is 312 g/mol. The molecule has 2 aromatic rings. The Morgan fingerprint density at radius 2 is 2.00 bits per heavy atom. The molecule has 3 rings (SSSR count). The van der Waals surface area contributed by atoms with Gasteiger partial charge < -0.3 is 0 Å². The maximum absolute atomic E-state index is 12.5. The summed E-state index contributed by atoms with van der Waals surface area (Å²) in [4.78, 5) is 0. The Bertz CT molecular complexity index is 805. The second-order valence-corrected chi connectivity index (χ2v) is 8.25. The number of aromatic nitrogens is 2. The summed E-state index contributed by atoms with van der Waals surface area (Å²) in [6.07, 6.45) is 1.85. The predicted molar refractivity (Wildman–Crippen MR) is 91.2 cm³/mol. The van der Waals surface area contributed by atoms with E-state index >= 15 is 0 Å². The lowest BCUT2D eigenvalue weighted by atomic mass is 10.0. The second kappa shape index (κ2) is 6.22. The van der Waals surface area contributed by atoms with Crippen molar-refractivity contribution in [1.29, 1.82) is 0 Å². The number of piperidine rings is 1. The number of aryl methyl sites for hydroxylation is 2. The summed E-state index contributed by atoms with van der Waals surface area (Å²) in [7, 11) is -1.56. The van der Waals surface area contributed by atoms with Crippen LogP contribution in [0.4, 0.5) is 0 Å². The molecule has 0 atom stereocenters. The maximum Gasteiger partial charge on any atom is 0.279 e. The van der Waals surface area contributed by atoms with Gasteiger partial charge in [0.1, 0.15) is 0 Å². The zero-order valence-electron chi connectivity index (χ0n) is 13.9. The third-order valence-corrected chi connectivity index (χ3v) is 6.14. The van der Waals surface area contributed by atoms with Crippen LogP contribution in [0.2, 0.25) is 0 Å². The van der Waals surface area contributed by atoms with E-state index in [9.17, 15) is 8.42 Å². The van der Waals surface area contributed by atoms with Crippen LogP contribution in [-0.2, 0) is 23.8 Å². The molecule has 7 heteroatoms. The lowest BCUT2D eigenvalue weighted by molar-refractivity contribution is 0.285. The van der Waals surface area contributed by atoms with Gasteiger partial charge in [-0.15, -0.1) is 0 Å². The van der Waals surface area contributed by atoms with E-state index in [1.54, 1.807) is 8.99 Å². The zero-order chi connectivity index (χ0) is 16.6. The van der Waals surface area contributed by atoms with Crippen molar-refractivity contribution in [2.24, 2.45) is 13.0 Å². The van der Waals surface area contributed by atoms with Gasteiger partial charge in [0.25, 0.3) is 10.2 Å². The fourth-order valence-electron chi connectivity index (χ4n) is 3.06. The van der Waals surface area contributed by atoms with Crippen LogP contribution in [0.15, 0.2) is 18.2 Å². The summed E-state index contributed by atoms with van der Waals surface area (Å²) in [6, 6.07) is 6.10. The van der Waals surface area contributed by atoms with Gasteiger partial charge in [-0.25, -0.2) is 0 Å². The van der Waals surface area contributed by atoms with Crippen molar-refractivity contribution < 1.29 is 8.42 Å². The zero-order valence-corrected chi connectivity index (χ0v) is 14.7. The molecule has 23 heavy (non-hydrogen) atoms. The average Bonchev–Trinajstić information content (AvgIpc) is 2.81. The van der Waals surface area contributed by atoms with Gasteiger partial charge in [-0.1, -0.05) is 18.6 Å². The van der Waals surface area contributed by atoms with E-state index < -0.39 is 10.2 Å². The Balaban J connectivity index is 1.76. The minimum Gasteiger partial charge on any atom is -0.268 e. The molecule has 0 spiro atoms. The molecular formula is C16H24N4O2S. The van der Waals surface area contributed by atoms with Crippen molar-refractivity contribution >= 4 is 21.1 Å². The topological polar surface area (TPSA) is 67.2 Å². The van der Waals surface area contributed by atoms with Crippen LogP contribution in [0, 0.1) is 12.8 Å². The van der Waals surface area contributed by atoms with Gasteiger partial charge >= 0.3 is 0 Å². The van der Waals surface area contributed by atoms with Crippen LogP contribution in [0.1, 0.15) is 31.0 Å². The van der Waals surface area contributed by atoms with Gasteiger partial charge in [-0.3, -0.25) is 4.68 Å². The lowest BCUT2D eigenvalue weighted by Crippen LogP contribution is -2.44. The first-order chi connectivity index (χ1) is 10.9. The van der Waals surface area contributed by atoms with E-state index in [0.717, 1.165) is 35.0 Å². The minimum atomic E-state index is -3.44. The largest absolute Gasteiger partial charge is 0.279 e. The van der Waals surface area contributed by atoms with Crippen LogP contribution < -0.4 is 4.72 Å². The standard InChI is InChI=1S/C16H24N4O2S/c1-12-6-8-20(9-7-12)23(21,22)17-11-15-14-10-13(2)4-5-16(14)19(3)18-15/h4-5,10,12,17H,6-9,11H2,1-3H3. The van der Waals surface area contributed by atoms with Crippen LogP contribution in [0.5, 0.6) is 0 Å². The number of nitrogens with zero attached hydrogens (tertiary/aromatic N) is 3. The fraction of sp³-hybridized carbons (Fsp3) is 0.562. The van der Waals surface area contributed by atoms with Crippen LogP contribution in [0.25, 0.3) is 10.9 Å². The highest BCUT2D eigenvalue weighted by atomic mass is 32.2. The quantitative estimate of drug-likeness (QED) is 0.928. The Kier molecular flexibility index (Phi) is 4.44. The molecule has 1 aromatic carbocycles. The summed E-state index contributed by atoms with van der Waals surface area (Å²) in [5, 5.41) is 5.46. The van der Waals surface area contributed by atoms with Gasteiger partial charge in [0.2, 0.25) is 0 Å². The Morgan fingerprint density at radius 1 is 1.30 bits per heavy atom. The highest BCUT2D eigenvalue weighted by Crippen LogP contribution is 2.21. The molecule has 1 aromatic heterocycles. The summed E-state index contributed by atoms with van der Waals surface area (Å²) in [5.41, 5.74) is 2.91. The number of nitrogens with one attached hydrogen (secondary N) is 1. The predicted octanol–water partition coefficient (Wildman–Crippen LogP) is 1.95. The monoisotopic (exact) mass is 336 g/mol. The molecule has 0 radical (unpaired) electrons. The van der Waals surface area contributed by atoms with Gasteiger partial charge in [-0.2, -0.15) is 22.5 Å². The molecule has 1 saturated heterocycles. The van der Waals surface area contributed by atoms with Gasteiger partial charge in [0, 0.05) is 25.5 Å². The number of hydrogen-bond acceptors (Lipinski definition) is 3. The Labute approximate surface area is 137 Å². The second-order valence-electron chi connectivity index (χ2n) is 6.50. The van der Waals surface area contributed by atoms with Crippen molar-refractivity contribution in [3.63, 3.8) is 0 Å². The van der Waals surface area contributed by atoms with E-state index in [-0.39, 0.29) is 6.54 Å². The summed E-state index contributed by atoms with van der Waals surface area (Å²) in [5.74, 6) is 0.601. The third kappa shape index (κ3) is 3.41. The first-order valence-electron chi connectivity index (χ1n) is 8.04. The molecule has 0 saturated carbocycles. The first-order valence-corrected chi connectivity index (χ1v) is 9.48. The van der Waals surface area contributed by atoms with Crippen molar-refractivity contribution in [2.75, 3.05) is 13.1 Å². The van der Waals surface area contributed by atoms with E-state index in [4.69, 9.17) is 0 Å². The summed E-state index contributed by atoms with van der Waals surface area (Å²) < 4.78 is 31.0. The molecule has 1 aliphatic heterocycles. The van der Waals surface area contributed by atoms with Crippen molar-refractivity contribution in [2.45, 2.75) is 33.2 Å². The summed E-state index contributed by atoms with van der Waals surface area (Å²) in [6.45, 7) is 5.60. The Morgan fingerprint density at radius 3 is 2.70 bits per heavy atom. The first kappa shape index (κ1) is 16.4. The van der Waals surface area contributed by atoms with Gasteiger partial charge in [-0.05, 0) is 37.8 Å².